The molecule has 0 nitrogen and oxygen atoms in total. The van der Waals surface area contributed by atoms with Gasteiger partial charge in [-0.05, 0) is 105 Å². The van der Waals surface area contributed by atoms with Gasteiger partial charge in [0.15, 0.2) is 0 Å². The monoisotopic (exact) mass is 728 g/mol. The zero-order valence-electron chi connectivity index (χ0n) is 31.2. The summed E-state index contributed by atoms with van der Waals surface area (Å²) in [5, 5.41) is 13.1. The molecule has 0 N–H and O–H groups in total. The van der Waals surface area contributed by atoms with E-state index in [0.29, 0.717) is 0 Å². The van der Waals surface area contributed by atoms with Crippen LogP contribution in [0.1, 0.15) is 25.0 Å². The molecule has 11 aromatic rings. The van der Waals surface area contributed by atoms with Gasteiger partial charge in [-0.2, -0.15) is 0 Å². The van der Waals surface area contributed by atoms with Gasteiger partial charge in [-0.3, -0.25) is 0 Å². The van der Waals surface area contributed by atoms with Crippen molar-refractivity contribution in [2.75, 3.05) is 0 Å². The number of hydrogen-bond donors (Lipinski definition) is 0. The summed E-state index contributed by atoms with van der Waals surface area (Å²) < 4.78 is 2.68. The Morgan fingerprint density at radius 1 is 0.339 bits per heavy atom. The third kappa shape index (κ3) is 4.29. The Balaban J connectivity index is 1.12. The van der Waals surface area contributed by atoms with Gasteiger partial charge in [-0.15, -0.1) is 11.3 Å². The van der Waals surface area contributed by atoms with E-state index >= 15 is 0 Å². The van der Waals surface area contributed by atoms with Crippen molar-refractivity contribution in [3.05, 3.63) is 193 Å². The summed E-state index contributed by atoms with van der Waals surface area (Å²) in [6.45, 7) is 4.83. The highest BCUT2D eigenvalue weighted by Gasteiger charge is 2.39. The van der Waals surface area contributed by atoms with E-state index in [0.717, 1.165) is 0 Å². The fourth-order valence-corrected chi connectivity index (χ4v) is 11.5. The van der Waals surface area contributed by atoms with E-state index in [-0.39, 0.29) is 5.41 Å². The van der Waals surface area contributed by atoms with E-state index in [1.807, 2.05) is 11.3 Å². The maximum absolute atomic E-state index is 2.45. The minimum atomic E-state index is -0.151. The van der Waals surface area contributed by atoms with Gasteiger partial charge in [-0.25, -0.2) is 0 Å². The standard InChI is InChI=1S/C55H36S/c1-55(2)47-30-15-27-35(51(47)52-39-21-5-3-18-36(39)37-19-4-10-26-44(37)53(52)55)33-16-13-17-34(32-33)49-40-22-6-8-24-42(40)50(43-25-9-7-23-41(43)49)46-29-14-28-45-38-20-11-12-31-48(38)56-54(45)46/h3-32H,1-2H3. The fourth-order valence-electron chi connectivity index (χ4n) is 10.3. The predicted octanol–water partition coefficient (Wildman–Crippen LogP) is 16.0. The van der Waals surface area contributed by atoms with E-state index in [1.54, 1.807) is 0 Å². The molecule has 1 aliphatic rings. The summed E-state index contributed by atoms with van der Waals surface area (Å²) in [5.41, 5.74) is 13.1. The van der Waals surface area contributed by atoms with Gasteiger partial charge in [0.1, 0.15) is 0 Å². The molecule has 0 saturated heterocycles. The van der Waals surface area contributed by atoms with Crippen LogP contribution in [0.4, 0.5) is 0 Å². The van der Waals surface area contributed by atoms with Crippen molar-refractivity contribution in [3.63, 3.8) is 0 Å². The molecule has 1 heteroatoms. The van der Waals surface area contributed by atoms with Crippen molar-refractivity contribution >= 4 is 74.6 Å². The minimum Gasteiger partial charge on any atom is -0.135 e. The summed E-state index contributed by atoms with van der Waals surface area (Å²) >= 11 is 1.91. The molecule has 0 radical (unpaired) electrons. The summed E-state index contributed by atoms with van der Waals surface area (Å²) in [6, 6.07) is 68.1. The lowest BCUT2D eigenvalue weighted by Crippen LogP contribution is -2.15. The van der Waals surface area contributed by atoms with Crippen LogP contribution in [-0.2, 0) is 5.41 Å². The Labute approximate surface area is 329 Å². The molecule has 0 saturated carbocycles. The Morgan fingerprint density at radius 2 is 0.821 bits per heavy atom. The highest BCUT2D eigenvalue weighted by atomic mass is 32.1. The number of benzene rings is 10. The summed E-state index contributed by atoms with van der Waals surface area (Å²) in [7, 11) is 0. The highest BCUT2D eigenvalue weighted by molar-refractivity contribution is 7.26. The molecule has 56 heavy (non-hydrogen) atoms. The Kier molecular flexibility index (Phi) is 6.66. The van der Waals surface area contributed by atoms with Crippen LogP contribution in [0.3, 0.4) is 0 Å². The zero-order valence-corrected chi connectivity index (χ0v) is 32.0. The smallest absolute Gasteiger partial charge is 0.0434 e. The molecule has 1 aliphatic carbocycles. The van der Waals surface area contributed by atoms with Gasteiger partial charge in [0.05, 0.1) is 0 Å². The molecular formula is C55H36S. The molecule has 0 spiro atoms. The normalized spacial score (nSPS) is 13.3. The van der Waals surface area contributed by atoms with E-state index in [9.17, 15) is 0 Å². The van der Waals surface area contributed by atoms with Crippen LogP contribution in [0.25, 0.3) is 108 Å². The van der Waals surface area contributed by atoms with Crippen LogP contribution in [0.2, 0.25) is 0 Å². The first-order valence-electron chi connectivity index (χ1n) is 19.6. The lowest BCUT2D eigenvalue weighted by Gasteiger charge is -2.24. The molecule has 10 aromatic carbocycles. The lowest BCUT2D eigenvalue weighted by molar-refractivity contribution is 0.666. The molecule has 0 amide bonds. The van der Waals surface area contributed by atoms with Gasteiger partial charge in [0.2, 0.25) is 0 Å². The molecule has 262 valence electrons. The summed E-state index contributed by atoms with van der Waals surface area (Å²) in [6.07, 6.45) is 0. The van der Waals surface area contributed by atoms with Crippen LogP contribution in [0, 0.1) is 0 Å². The Bertz CT molecular complexity index is 3390. The average molecular weight is 729 g/mol. The Morgan fingerprint density at radius 3 is 1.52 bits per heavy atom. The van der Waals surface area contributed by atoms with Crippen molar-refractivity contribution in [2.45, 2.75) is 19.3 Å². The second kappa shape index (κ2) is 11.7. The largest absolute Gasteiger partial charge is 0.135 e. The molecule has 0 fully saturated rings. The third-order valence-electron chi connectivity index (χ3n) is 12.6. The van der Waals surface area contributed by atoms with Crippen molar-refractivity contribution in [1.29, 1.82) is 0 Å². The molecule has 0 bridgehead atoms. The van der Waals surface area contributed by atoms with E-state index in [2.05, 4.69) is 196 Å². The predicted molar refractivity (Wildman–Crippen MR) is 243 cm³/mol. The lowest BCUT2D eigenvalue weighted by atomic mass is 9.79. The van der Waals surface area contributed by atoms with Crippen molar-refractivity contribution < 1.29 is 0 Å². The second-order valence-corrected chi connectivity index (χ2v) is 16.9. The van der Waals surface area contributed by atoms with Gasteiger partial charge < -0.3 is 0 Å². The molecule has 12 rings (SSSR count). The highest BCUT2D eigenvalue weighted by Crippen LogP contribution is 2.57. The Hall–Kier alpha value is -6.54. The first kappa shape index (κ1) is 31.8. The van der Waals surface area contributed by atoms with Crippen molar-refractivity contribution in [2.24, 2.45) is 0 Å². The number of hydrogen-bond acceptors (Lipinski definition) is 1. The molecule has 1 aromatic heterocycles. The maximum Gasteiger partial charge on any atom is 0.0434 e. The minimum absolute atomic E-state index is 0.151. The molecule has 0 aliphatic heterocycles. The van der Waals surface area contributed by atoms with E-state index in [4.69, 9.17) is 0 Å². The first-order valence-corrected chi connectivity index (χ1v) is 20.4. The first-order chi connectivity index (χ1) is 27.6. The second-order valence-electron chi connectivity index (χ2n) is 15.9. The SMILES string of the molecule is CC1(C)c2cccc(-c3cccc(-c4c5ccccc5c(-c5cccc6c5sc5ccccc56)c5ccccc45)c3)c2-c2c1c1ccccc1c1ccccc21. The van der Waals surface area contributed by atoms with Crippen LogP contribution in [0.5, 0.6) is 0 Å². The molecule has 1 heterocycles. The van der Waals surface area contributed by atoms with Crippen LogP contribution < -0.4 is 0 Å². The van der Waals surface area contributed by atoms with Crippen LogP contribution in [0.15, 0.2) is 182 Å². The third-order valence-corrected chi connectivity index (χ3v) is 13.8. The number of thiophene rings is 1. The van der Waals surface area contributed by atoms with Crippen LogP contribution in [-0.4, -0.2) is 0 Å². The van der Waals surface area contributed by atoms with Gasteiger partial charge >= 0.3 is 0 Å². The molecular weight excluding hydrogens is 693 g/mol. The van der Waals surface area contributed by atoms with Gasteiger partial charge in [0.25, 0.3) is 0 Å². The zero-order chi connectivity index (χ0) is 37.1. The van der Waals surface area contributed by atoms with Gasteiger partial charge in [-0.1, -0.05) is 184 Å². The topological polar surface area (TPSA) is 0 Å². The molecule has 0 unspecified atom stereocenters. The average Bonchev–Trinajstić information content (AvgIpc) is 3.75. The number of rotatable bonds is 3. The number of fused-ring (bicyclic) bond motifs is 13. The van der Waals surface area contributed by atoms with E-state index in [1.165, 1.54) is 119 Å². The van der Waals surface area contributed by atoms with Crippen molar-refractivity contribution in [1.82, 2.24) is 0 Å². The van der Waals surface area contributed by atoms with Crippen LogP contribution >= 0.6 is 11.3 Å². The summed E-state index contributed by atoms with van der Waals surface area (Å²) in [4.78, 5) is 0. The fraction of sp³-hybridized carbons (Fsp3) is 0.0545. The maximum atomic E-state index is 2.45. The summed E-state index contributed by atoms with van der Waals surface area (Å²) in [5.74, 6) is 0. The molecule has 0 atom stereocenters. The quantitative estimate of drug-likeness (QED) is 0.126. The van der Waals surface area contributed by atoms with E-state index < -0.39 is 0 Å². The van der Waals surface area contributed by atoms with Gasteiger partial charge in [0, 0.05) is 31.2 Å². The van der Waals surface area contributed by atoms with Crippen molar-refractivity contribution in [3.8, 4) is 44.5 Å².